The van der Waals surface area contributed by atoms with Crippen molar-refractivity contribution in [3.05, 3.63) is 35.4 Å². The van der Waals surface area contributed by atoms with Gasteiger partial charge >= 0.3 is 0 Å². The standard InChI is InChI=1S/C12H15ClN4O3S/c1-2-5-17-12(15-8-16-17)7-20-10-4-3-9(13)6-11(10)21(14,18)19/h3-4,6,8H,2,5,7H2,1H3,(H2,14,18,19). The van der Waals surface area contributed by atoms with Gasteiger partial charge in [-0.25, -0.2) is 23.2 Å². The Bertz CT molecular complexity index is 730. The number of halogens is 1. The maximum absolute atomic E-state index is 11.5. The van der Waals surface area contributed by atoms with Crippen molar-refractivity contribution in [2.45, 2.75) is 31.4 Å². The predicted molar refractivity (Wildman–Crippen MR) is 77.5 cm³/mol. The molecule has 0 unspecified atom stereocenters. The molecule has 0 saturated carbocycles. The lowest BCUT2D eigenvalue weighted by molar-refractivity contribution is 0.279. The molecule has 0 aliphatic heterocycles. The molecule has 1 heterocycles. The summed E-state index contributed by atoms with van der Waals surface area (Å²) < 4.78 is 30.3. The second kappa shape index (κ2) is 6.42. The molecule has 9 heteroatoms. The Kier molecular flexibility index (Phi) is 4.81. The molecule has 2 rings (SSSR count). The largest absolute Gasteiger partial charge is 0.484 e. The van der Waals surface area contributed by atoms with Gasteiger partial charge in [-0.2, -0.15) is 5.10 Å². The van der Waals surface area contributed by atoms with E-state index in [0.29, 0.717) is 12.4 Å². The lowest BCUT2D eigenvalue weighted by Gasteiger charge is -2.11. The highest BCUT2D eigenvalue weighted by Gasteiger charge is 2.16. The summed E-state index contributed by atoms with van der Waals surface area (Å²) in [5.41, 5.74) is 0. The van der Waals surface area contributed by atoms with Crippen LogP contribution in [0.3, 0.4) is 0 Å². The summed E-state index contributed by atoms with van der Waals surface area (Å²) in [5.74, 6) is 0.736. The predicted octanol–water partition coefficient (Wildman–Crippen LogP) is 1.57. The van der Waals surface area contributed by atoms with Crippen molar-refractivity contribution < 1.29 is 13.2 Å². The van der Waals surface area contributed by atoms with Gasteiger partial charge in [-0.05, 0) is 24.6 Å². The first kappa shape index (κ1) is 15.7. The van der Waals surface area contributed by atoms with Crippen molar-refractivity contribution in [2.24, 2.45) is 5.14 Å². The van der Waals surface area contributed by atoms with Gasteiger partial charge in [0.15, 0.2) is 5.82 Å². The molecule has 21 heavy (non-hydrogen) atoms. The summed E-state index contributed by atoms with van der Waals surface area (Å²) in [7, 11) is -3.92. The molecule has 7 nitrogen and oxygen atoms in total. The third-order valence-electron chi connectivity index (χ3n) is 2.70. The molecule has 0 amide bonds. The number of rotatable bonds is 6. The molecule has 0 radical (unpaired) electrons. The topological polar surface area (TPSA) is 100 Å². The second-order valence-electron chi connectivity index (χ2n) is 4.32. The molecule has 2 N–H and O–H groups in total. The number of aryl methyl sites for hydroxylation is 1. The molecule has 114 valence electrons. The van der Waals surface area contributed by atoms with Gasteiger partial charge in [0.05, 0.1) is 0 Å². The number of nitrogens with zero attached hydrogens (tertiary/aromatic N) is 3. The van der Waals surface area contributed by atoms with E-state index in [-0.39, 0.29) is 22.3 Å². The van der Waals surface area contributed by atoms with Crippen LogP contribution in [0.1, 0.15) is 19.2 Å². The summed E-state index contributed by atoms with van der Waals surface area (Å²) in [4.78, 5) is 3.92. The van der Waals surface area contributed by atoms with E-state index in [1.54, 1.807) is 4.68 Å². The lowest BCUT2D eigenvalue weighted by atomic mass is 10.3. The number of sulfonamides is 1. The zero-order valence-corrected chi connectivity index (χ0v) is 12.9. The molecule has 1 aromatic heterocycles. The Hall–Kier alpha value is -1.64. The fraction of sp³-hybridized carbons (Fsp3) is 0.333. The minimum atomic E-state index is -3.92. The van der Waals surface area contributed by atoms with Gasteiger partial charge in [-0.1, -0.05) is 18.5 Å². The highest BCUT2D eigenvalue weighted by atomic mass is 35.5. The maximum atomic E-state index is 11.5. The van der Waals surface area contributed by atoms with E-state index < -0.39 is 10.0 Å². The number of hydrogen-bond donors (Lipinski definition) is 1. The number of aromatic nitrogens is 3. The SMILES string of the molecule is CCCn1ncnc1COc1ccc(Cl)cc1S(N)(=O)=O. The third kappa shape index (κ3) is 3.93. The van der Waals surface area contributed by atoms with E-state index in [1.165, 1.54) is 24.5 Å². The first-order chi connectivity index (χ1) is 9.91. The van der Waals surface area contributed by atoms with Crippen molar-refractivity contribution in [1.29, 1.82) is 0 Å². The van der Waals surface area contributed by atoms with Crippen molar-refractivity contribution in [1.82, 2.24) is 14.8 Å². The van der Waals surface area contributed by atoms with Gasteiger partial charge in [0.2, 0.25) is 10.0 Å². The van der Waals surface area contributed by atoms with Crippen LogP contribution in [-0.4, -0.2) is 23.2 Å². The Morgan fingerprint density at radius 2 is 2.19 bits per heavy atom. The molecule has 0 spiro atoms. The highest BCUT2D eigenvalue weighted by molar-refractivity contribution is 7.89. The van der Waals surface area contributed by atoms with Crippen LogP contribution < -0.4 is 9.88 Å². The number of nitrogens with two attached hydrogens (primary N) is 1. The van der Waals surface area contributed by atoms with Crippen LogP contribution in [-0.2, 0) is 23.2 Å². The van der Waals surface area contributed by atoms with Gasteiger partial charge in [0.25, 0.3) is 0 Å². The quantitative estimate of drug-likeness (QED) is 0.866. The number of hydrogen-bond acceptors (Lipinski definition) is 5. The van der Waals surface area contributed by atoms with E-state index in [1.807, 2.05) is 6.92 Å². The molecule has 0 atom stereocenters. The zero-order chi connectivity index (χ0) is 15.5. The average molecular weight is 331 g/mol. The van der Waals surface area contributed by atoms with E-state index in [9.17, 15) is 8.42 Å². The van der Waals surface area contributed by atoms with Crippen LogP contribution in [0, 0.1) is 0 Å². The fourth-order valence-electron chi connectivity index (χ4n) is 1.76. The number of benzene rings is 1. The minimum Gasteiger partial charge on any atom is -0.484 e. The lowest BCUT2D eigenvalue weighted by Crippen LogP contribution is -2.15. The Balaban J connectivity index is 2.22. The third-order valence-corrected chi connectivity index (χ3v) is 3.87. The van der Waals surface area contributed by atoms with Gasteiger partial charge in [0.1, 0.15) is 23.6 Å². The monoisotopic (exact) mass is 330 g/mol. The van der Waals surface area contributed by atoms with Crippen LogP contribution in [0.2, 0.25) is 5.02 Å². The van der Waals surface area contributed by atoms with Crippen molar-refractivity contribution in [3.63, 3.8) is 0 Å². The van der Waals surface area contributed by atoms with Gasteiger partial charge in [-0.15, -0.1) is 0 Å². The molecule has 0 aliphatic carbocycles. The Labute approximate surface area is 127 Å². The summed E-state index contributed by atoms with van der Waals surface area (Å²) in [6.07, 6.45) is 2.33. The molecular weight excluding hydrogens is 316 g/mol. The Morgan fingerprint density at radius 1 is 1.43 bits per heavy atom. The van der Waals surface area contributed by atoms with Gasteiger partial charge < -0.3 is 4.74 Å². The molecule has 2 aromatic rings. The highest BCUT2D eigenvalue weighted by Crippen LogP contribution is 2.26. The summed E-state index contributed by atoms with van der Waals surface area (Å²) in [6.45, 7) is 2.82. The van der Waals surface area contributed by atoms with Crippen LogP contribution >= 0.6 is 11.6 Å². The smallest absolute Gasteiger partial charge is 0.241 e. The Morgan fingerprint density at radius 3 is 2.86 bits per heavy atom. The molecule has 0 fully saturated rings. The van der Waals surface area contributed by atoms with Gasteiger partial charge in [0, 0.05) is 11.6 Å². The van der Waals surface area contributed by atoms with E-state index in [4.69, 9.17) is 21.5 Å². The van der Waals surface area contributed by atoms with E-state index >= 15 is 0 Å². The molecule has 0 aliphatic rings. The maximum Gasteiger partial charge on any atom is 0.241 e. The van der Waals surface area contributed by atoms with Crippen molar-refractivity contribution in [2.75, 3.05) is 0 Å². The summed E-state index contributed by atoms with van der Waals surface area (Å²) in [6, 6.07) is 4.24. The number of ether oxygens (including phenoxy) is 1. The van der Waals surface area contributed by atoms with Crippen molar-refractivity contribution in [3.8, 4) is 5.75 Å². The van der Waals surface area contributed by atoms with E-state index in [2.05, 4.69) is 10.1 Å². The van der Waals surface area contributed by atoms with Crippen LogP contribution in [0.4, 0.5) is 0 Å². The minimum absolute atomic E-state index is 0.0875. The normalized spacial score (nSPS) is 11.6. The average Bonchev–Trinajstić information content (AvgIpc) is 2.84. The molecule has 0 bridgehead atoms. The van der Waals surface area contributed by atoms with Crippen LogP contribution in [0.15, 0.2) is 29.4 Å². The van der Waals surface area contributed by atoms with E-state index in [0.717, 1.165) is 6.42 Å². The van der Waals surface area contributed by atoms with Crippen LogP contribution in [0.25, 0.3) is 0 Å². The molecular formula is C12H15ClN4O3S. The first-order valence-electron chi connectivity index (χ1n) is 6.23. The first-order valence-corrected chi connectivity index (χ1v) is 8.16. The van der Waals surface area contributed by atoms with Crippen molar-refractivity contribution >= 4 is 21.6 Å². The number of primary sulfonamides is 1. The molecule has 0 saturated heterocycles. The second-order valence-corrected chi connectivity index (χ2v) is 6.29. The summed E-state index contributed by atoms with van der Waals surface area (Å²) >= 11 is 5.79. The molecule has 1 aromatic carbocycles. The fourth-order valence-corrected chi connectivity index (χ4v) is 2.70. The summed E-state index contributed by atoms with van der Waals surface area (Å²) in [5, 5.41) is 9.48. The van der Waals surface area contributed by atoms with Crippen LogP contribution in [0.5, 0.6) is 5.75 Å². The zero-order valence-electron chi connectivity index (χ0n) is 11.4. The van der Waals surface area contributed by atoms with Gasteiger partial charge in [-0.3, -0.25) is 0 Å².